The number of methoxy groups -OCH3 is 1. The zero-order chi connectivity index (χ0) is 19.3. The van der Waals surface area contributed by atoms with E-state index in [-0.39, 0.29) is 5.97 Å². The largest absolute Gasteiger partial charge is 0.469 e. The highest BCUT2D eigenvalue weighted by molar-refractivity contribution is 7.19. The molecule has 1 aliphatic rings. The molecule has 0 bridgehead atoms. The van der Waals surface area contributed by atoms with Crippen molar-refractivity contribution in [3.63, 3.8) is 0 Å². The first-order valence-corrected chi connectivity index (χ1v) is 11.6. The van der Waals surface area contributed by atoms with Crippen LogP contribution in [-0.2, 0) is 16.0 Å². The number of unbranched alkanes of at least 4 members (excludes halogenated alkanes) is 3. The van der Waals surface area contributed by atoms with Crippen molar-refractivity contribution in [2.75, 3.05) is 7.11 Å². The maximum Gasteiger partial charge on any atom is 0.305 e. The monoisotopic (exact) mass is 388 g/mol. The molecule has 0 saturated heterocycles. The second-order valence-corrected chi connectivity index (χ2v) is 8.85. The second kappa shape index (κ2) is 12.9. The molecule has 1 fully saturated rings. The van der Waals surface area contributed by atoms with Gasteiger partial charge in [0.05, 0.1) is 7.11 Å². The van der Waals surface area contributed by atoms with Gasteiger partial charge < -0.3 is 4.74 Å². The number of thiophene rings is 1. The van der Waals surface area contributed by atoms with E-state index in [4.69, 9.17) is 0 Å². The number of hydrogen-bond acceptors (Lipinski definition) is 3. The molecule has 0 atom stereocenters. The molecule has 0 unspecified atom stereocenters. The van der Waals surface area contributed by atoms with Gasteiger partial charge in [0, 0.05) is 16.0 Å². The van der Waals surface area contributed by atoms with Crippen LogP contribution in [-0.4, -0.2) is 13.1 Å². The summed E-state index contributed by atoms with van der Waals surface area (Å²) in [5.74, 6) is 0.959. The van der Waals surface area contributed by atoms with E-state index in [2.05, 4.69) is 42.0 Å². The Morgan fingerprint density at radius 1 is 1.11 bits per heavy atom. The number of carbonyl (C=O) groups is 1. The first-order chi connectivity index (χ1) is 13.2. The van der Waals surface area contributed by atoms with Crippen LogP contribution in [0.5, 0.6) is 0 Å². The number of carbonyl (C=O) groups excluding carboxylic acids is 1. The van der Waals surface area contributed by atoms with Gasteiger partial charge in [-0.2, -0.15) is 0 Å². The zero-order valence-electron chi connectivity index (χ0n) is 17.2. The summed E-state index contributed by atoms with van der Waals surface area (Å²) < 4.78 is 5.94. The molecule has 0 radical (unpaired) electrons. The Kier molecular flexibility index (Phi) is 10.5. The Balaban J connectivity index is 0.000000227. The van der Waals surface area contributed by atoms with Gasteiger partial charge >= 0.3 is 5.97 Å². The highest BCUT2D eigenvalue weighted by atomic mass is 32.1. The van der Waals surface area contributed by atoms with Crippen LogP contribution < -0.4 is 0 Å². The van der Waals surface area contributed by atoms with Crippen molar-refractivity contribution in [3.05, 3.63) is 35.2 Å². The average Bonchev–Trinajstić information content (AvgIpc) is 3.35. The molecule has 0 aliphatic heterocycles. The second-order valence-electron chi connectivity index (χ2n) is 7.68. The number of benzene rings is 1. The normalized spacial score (nSPS) is 14.1. The number of aryl methyl sites for hydroxylation is 1. The summed E-state index contributed by atoms with van der Waals surface area (Å²) in [7, 11) is 1.43. The lowest BCUT2D eigenvalue weighted by atomic mass is 10.0. The molecule has 0 spiro atoms. The summed E-state index contributed by atoms with van der Waals surface area (Å²) in [5.41, 5.74) is 0. The number of hydrogen-bond donors (Lipinski definition) is 0. The van der Waals surface area contributed by atoms with Gasteiger partial charge in [-0.15, -0.1) is 11.3 Å². The third-order valence-electron chi connectivity index (χ3n) is 5.45. The smallest absolute Gasteiger partial charge is 0.305 e. The lowest BCUT2D eigenvalue weighted by Crippen LogP contribution is -1.98. The van der Waals surface area contributed by atoms with E-state index in [0.717, 1.165) is 18.8 Å². The van der Waals surface area contributed by atoms with Crippen molar-refractivity contribution in [1.29, 1.82) is 0 Å². The summed E-state index contributed by atoms with van der Waals surface area (Å²) in [6.45, 7) is 2.15. The van der Waals surface area contributed by atoms with Crippen LogP contribution in [0, 0.1) is 5.92 Å². The van der Waals surface area contributed by atoms with E-state index >= 15 is 0 Å². The van der Waals surface area contributed by atoms with Crippen molar-refractivity contribution in [3.8, 4) is 0 Å². The molecule has 1 aromatic carbocycles. The first-order valence-electron chi connectivity index (χ1n) is 10.8. The Morgan fingerprint density at radius 2 is 1.89 bits per heavy atom. The minimum Gasteiger partial charge on any atom is -0.469 e. The fourth-order valence-electron chi connectivity index (χ4n) is 3.82. The molecule has 150 valence electrons. The van der Waals surface area contributed by atoms with Crippen LogP contribution in [0.4, 0.5) is 0 Å². The van der Waals surface area contributed by atoms with Crippen molar-refractivity contribution >= 4 is 27.4 Å². The van der Waals surface area contributed by atoms with Gasteiger partial charge in [-0.25, -0.2) is 0 Å². The summed E-state index contributed by atoms with van der Waals surface area (Å²) in [6.07, 6.45) is 15.2. The lowest BCUT2D eigenvalue weighted by molar-refractivity contribution is -0.140. The fourth-order valence-corrected chi connectivity index (χ4v) is 4.93. The summed E-state index contributed by atoms with van der Waals surface area (Å²) in [4.78, 5) is 12.1. The molecule has 27 heavy (non-hydrogen) atoms. The SMILES string of the molecule is CCCCCCC(=O)OC.c1ccc2sc(CCCC3CCCC3)cc2c1. The van der Waals surface area contributed by atoms with E-state index < -0.39 is 0 Å². The van der Waals surface area contributed by atoms with Gasteiger partial charge in [-0.1, -0.05) is 76.5 Å². The van der Waals surface area contributed by atoms with Crippen LogP contribution in [0.3, 0.4) is 0 Å². The number of ether oxygens (including phenoxy) is 1. The maximum absolute atomic E-state index is 10.6. The Morgan fingerprint density at radius 3 is 2.59 bits per heavy atom. The van der Waals surface area contributed by atoms with Crippen LogP contribution in [0.1, 0.15) is 82.4 Å². The molecule has 1 aliphatic carbocycles. The molecule has 0 amide bonds. The van der Waals surface area contributed by atoms with Crippen molar-refractivity contribution in [2.24, 2.45) is 5.92 Å². The van der Waals surface area contributed by atoms with Gasteiger partial charge in [0.25, 0.3) is 0 Å². The highest BCUT2D eigenvalue weighted by Gasteiger charge is 2.14. The van der Waals surface area contributed by atoms with E-state index in [1.807, 2.05) is 11.3 Å². The maximum atomic E-state index is 10.6. The highest BCUT2D eigenvalue weighted by Crippen LogP contribution is 2.31. The lowest BCUT2D eigenvalue weighted by Gasteiger charge is -2.06. The summed E-state index contributed by atoms with van der Waals surface area (Å²) in [5, 5.41) is 1.42. The standard InChI is InChI=1S/C16H20S.C8H16O2/c1-2-7-13(6-1)8-5-10-15-12-14-9-3-4-11-16(14)17-15;1-3-4-5-6-7-8(9)10-2/h3-4,9,11-13H,1-2,5-8,10H2;3-7H2,1-2H3. The van der Waals surface area contributed by atoms with E-state index in [1.54, 1.807) is 4.88 Å². The number of fused-ring (bicyclic) bond motifs is 1. The fraction of sp³-hybridized carbons (Fsp3) is 0.625. The van der Waals surface area contributed by atoms with Crippen LogP contribution in [0.2, 0.25) is 0 Å². The van der Waals surface area contributed by atoms with Crippen molar-refractivity contribution in [1.82, 2.24) is 0 Å². The molecule has 1 saturated carbocycles. The molecule has 1 aromatic heterocycles. The summed E-state index contributed by atoms with van der Waals surface area (Å²) in [6, 6.07) is 11.1. The van der Waals surface area contributed by atoms with E-state index in [1.165, 1.54) is 75.0 Å². The van der Waals surface area contributed by atoms with Crippen LogP contribution in [0.15, 0.2) is 30.3 Å². The van der Waals surface area contributed by atoms with Gasteiger partial charge in [0.1, 0.15) is 0 Å². The van der Waals surface area contributed by atoms with Crippen molar-refractivity contribution < 1.29 is 9.53 Å². The predicted molar refractivity (Wildman–Crippen MR) is 117 cm³/mol. The minimum absolute atomic E-state index is 0.0869. The Hall–Kier alpha value is -1.35. The first kappa shape index (κ1) is 21.9. The Bertz CT molecular complexity index is 622. The molecule has 2 nitrogen and oxygen atoms in total. The molecular formula is C24H36O2S. The average molecular weight is 389 g/mol. The third-order valence-corrected chi connectivity index (χ3v) is 6.62. The molecule has 2 aromatic rings. The summed E-state index contributed by atoms with van der Waals surface area (Å²) >= 11 is 1.98. The van der Waals surface area contributed by atoms with Gasteiger partial charge in [0.2, 0.25) is 0 Å². The van der Waals surface area contributed by atoms with Gasteiger partial charge in [-0.05, 0) is 42.7 Å². The zero-order valence-corrected chi connectivity index (χ0v) is 18.0. The van der Waals surface area contributed by atoms with E-state index in [9.17, 15) is 4.79 Å². The predicted octanol–water partition coefficient (Wildman–Crippen LogP) is 7.54. The van der Waals surface area contributed by atoms with Crippen LogP contribution >= 0.6 is 11.3 Å². The van der Waals surface area contributed by atoms with Crippen LogP contribution in [0.25, 0.3) is 10.1 Å². The topological polar surface area (TPSA) is 26.3 Å². The number of rotatable bonds is 9. The molecule has 3 heteroatoms. The minimum atomic E-state index is -0.0869. The van der Waals surface area contributed by atoms with Gasteiger partial charge in [0.15, 0.2) is 0 Å². The molecular weight excluding hydrogens is 352 g/mol. The van der Waals surface area contributed by atoms with Gasteiger partial charge in [-0.3, -0.25) is 4.79 Å². The third kappa shape index (κ3) is 8.47. The molecule has 3 rings (SSSR count). The Labute approximate surface area is 169 Å². The number of esters is 1. The molecule has 1 heterocycles. The molecule has 0 N–H and O–H groups in total. The van der Waals surface area contributed by atoms with E-state index in [0.29, 0.717) is 6.42 Å². The quantitative estimate of drug-likeness (QED) is 0.327. The van der Waals surface area contributed by atoms with Crippen molar-refractivity contribution in [2.45, 2.75) is 84.0 Å².